The van der Waals surface area contributed by atoms with E-state index in [-0.39, 0.29) is 0 Å². The first-order valence-electron chi connectivity index (χ1n) is 19.2. The number of aryl methyl sites for hydroxylation is 1. The summed E-state index contributed by atoms with van der Waals surface area (Å²) in [6.45, 7) is 0. The fourth-order valence-electron chi connectivity index (χ4n) is 10.9. The molecule has 0 spiro atoms. The molecule has 0 aliphatic heterocycles. The van der Waals surface area contributed by atoms with Crippen molar-refractivity contribution in [1.82, 2.24) is 0 Å². The number of hydrogen-bond donors (Lipinski definition) is 0. The van der Waals surface area contributed by atoms with E-state index in [9.17, 15) is 0 Å². The van der Waals surface area contributed by atoms with Crippen molar-refractivity contribution in [2.45, 2.75) is 70.6 Å². The van der Waals surface area contributed by atoms with Crippen molar-refractivity contribution in [3.8, 4) is 0 Å². The molecule has 0 saturated heterocycles. The molecule has 5 unspecified atom stereocenters. The highest BCUT2D eigenvalue weighted by molar-refractivity contribution is 7.20. The Morgan fingerprint density at radius 1 is 0.653 bits per heavy atom. The fraction of sp³-hybridized carbons (Fsp3) is 0.333. The van der Waals surface area contributed by atoms with Crippen LogP contribution in [0.2, 0.25) is 0 Å². The first-order chi connectivity index (χ1) is 24.2. The van der Waals surface area contributed by atoms with Crippen LogP contribution in [0, 0.1) is 29.6 Å². The molecule has 0 radical (unpaired) electrons. The second-order valence-corrected chi connectivity index (χ2v) is 17.2. The van der Waals surface area contributed by atoms with Gasteiger partial charge in [0.25, 0.3) is 0 Å². The minimum Gasteiger partial charge on any atom is -0.136 e. The summed E-state index contributed by atoms with van der Waals surface area (Å²) < 4.78 is 1.46. The highest BCUT2D eigenvalue weighted by Gasteiger charge is 2.37. The molecule has 49 heavy (non-hydrogen) atoms. The maximum Gasteiger partial charge on any atom is 0.0358 e. The third-order valence-corrected chi connectivity index (χ3v) is 14.7. The van der Waals surface area contributed by atoms with Crippen molar-refractivity contribution in [3.63, 3.8) is 0 Å². The van der Waals surface area contributed by atoms with Crippen LogP contribution in [-0.4, -0.2) is 0 Å². The number of hydrogen-bond acceptors (Lipinski definition) is 1. The lowest BCUT2D eigenvalue weighted by atomic mass is 9.63. The molecule has 1 aromatic carbocycles. The van der Waals surface area contributed by atoms with Crippen molar-refractivity contribution < 1.29 is 0 Å². The van der Waals surface area contributed by atoms with E-state index in [0.29, 0.717) is 17.8 Å². The van der Waals surface area contributed by atoms with Crippen molar-refractivity contribution in [1.29, 1.82) is 0 Å². The quantitative estimate of drug-likeness (QED) is 0.303. The van der Waals surface area contributed by atoms with Crippen LogP contribution in [-0.2, 0) is 6.42 Å². The molecule has 1 heterocycles. The minimum atomic E-state index is 0.567. The van der Waals surface area contributed by atoms with Crippen LogP contribution in [0.15, 0.2) is 147 Å². The van der Waals surface area contributed by atoms with E-state index in [4.69, 9.17) is 0 Å². The standard InChI is InChI=1S/C48H44S/c1-3-7-41-29(5-1)9-15-37-23-39-21-31(11-13-33(39)25-45(37)41)35-17-19-43-44-20-18-36(28-48(44)49-47(43)27-35)32-12-14-34-26-46-38(24-40(34)22-32)16-10-30-6-2-4-8-42(30)46/h1-3,6-7,10-11,13,16,18,20,22,24-29,37,39,42,46H,4-5,8-9,12,14-15,17,19,21,23H2. The first kappa shape index (κ1) is 28.9. The highest BCUT2D eigenvalue weighted by atomic mass is 32.1. The average molecular weight is 653 g/mol. The van der Waals surface area contributed by atoms with Gasteiger partial charge in [-0.3, -0.25) is 0 Å². The SMILES string of the molecule is C1=CCC2CCC3CC4CC(C5=Cc6sc7cc(C8=CC9=CC%10=CC=C%11C=CCCC%11C%10C=C9CC8)ccc7c6CC5)=CC=C4C=C3C2=C1. The van der Waals surface area contributed by atoms with Crippen molar-refractivity contribution >= 4 is 33.1 Å². The predicted molar refractivity (Wildman–Crippen MR) is 208 cm³/mol. The van der Waals surface area contributed by atoms with Crippen molar-refractivity contribution in [3.05, 3.63) is 163 Å². The largest absolute Gasteiger partial charge is 0.136 e. The van der Waals surface area contributed by atoms with Gasteiger partial charge >= 0.3 is 0 Å². The smallest absolute Gasteiger partial charge is 0.0358 e. The Bertz CT molecular complexity index is 2210. The third kappa shape index (κ3) is 4.75. The molecule has 11 rings (SSSR count). The normalized spacial score (nSPS) is 30.8. The molecule has 5 atom stereocenters. The zero-order chi connectivity index (χ0) is 32.1. The van der Waals surface area contributed by atoms with E-state index in [1.54, 1.807) is 39.0 Å². The van der Waals surface area contributed by atoms with Gasteiger partial charge in [0.1, 0.15) is 0 Å². The molecular weight excluding hydrogens is 609 g/mol. The number of benzene rings is 1. The minimum absolute atomic E-state index is 0.567. The van der Waals surface area contributed by atoms with Gasteiger partial charge in [-0.05, 0) is 179 Å². The number of allylic oxidation sites excluding steroid dienone is 23. The molecule has 1 aromatic heterocycles. The molecule has 0 bridgehead atoms. The Balaban J connectivity index is 0.866. The van der Waals surface area contributed by atoms with E-state index < -0.39 is 0 Å². The average Bonchev–Trinajstić information content (AvgIpc) is 3.53. The van der Waals surface area contributed by atoms with E-state index >= 15 is 0 Å². The van der Waals surface area contributed by atoms with E-state index in [0.717, 1.165) is 24.7 Å². The summed E-state index contributed by atoms with van der Waals surface area (Å²) in [6, 6.07) is 7.36. The predicted octanol–water partition coefficient (Wildman–Crippen LogP) is 12.8. The number of fused-ring (bicyclic) bond motifs is 11. The highest BCUT2D eigenvalue weighted by Crippen LogP contribution is 2.51. The van der Waals surface area contributed by atoms with Gasteiger partial charge in [0, 0.05) is 15.5 Å². The second kappa shape index (κ2) is 11.3. The molecule has 2 aromatic rings. The molecule has 242 valence electrons. The fourth-order valence-corrected chi connectivity index (χ4v) is 12.1. The van der Waals surface area contributed by atoms with Gasteiger partial charge in [-0.15, -0.1) is 11.3 Å². The Labute approximate surface area is 295 Å². The third-order valence-electron chi connectivity index (χ3n) is 13.5. The van der Waals surface area contributed by atoms with Crippen LogP contribution >= 0.6 is 11.3 Å². The lowest BCUT2D eigenvalue weighted by Crippen LogP contribution is -2.28. The summed E-state index contributed by atoms with van der Waals surface area (Å²) in [5, 5.41) is 1.49. The Kier molecular flexibility index (Phi) is 6.65. The topological polar surface area (TPSA) is 0 Å². The van der Waals surface area contributed by atoms with Crippen LogP contribution in [0.1, 0.15) is 80.2 Å². The van der Waals surface area contributed by atoms with Crippen LogP contribution in [0.25, 0.3) is 21.7 Å². The molecule has 9 aliphatic carbocycles. The van der Waals surface area contributed by atoms with Crippen LogP contribution < -0.4 is 0 Å². The van der Waals surface area contributed by atoms with Crippen LogP contribution in [0.4, 0.5) is 0 Å². The van der Waals surface area contributed by atoms with Crippen molar-refractivity contribution in [2.75, 3.05) is 0 Å². The van der Waals surface area contributed by atoms with E-state index in [1.807, 2.05) is 11.3 Å². The maximum atomic E-state index is 2.63. The molecule has 9 aliphatic rings. The molecular formula is C48H44S. The summed E-state index contributed by atoms with van der Waals surface area (Å²) in [4.78, 5) is 1.50. The van der Waals surface area contributed by atoms with E-state index in [1.165, 1.54) is 101 Å². The summed E-state index contributed by atoms with van der Waals surface area (Å²) in [6.07, 6.45) is 48.0. The molecule has 1 fully saturated rings. The Morgan fingerprint density at radius 3 is 2.55 bits per heavy atom. The molecule has 0 nitrogen and oxygen atoms in total. The Hall–Kier alpha value is -3.94. The summed E-state index contributed by atoms with van der Waals surface area (Å²) >= 11 is 2.03. The summed E-state index contributed by atoms with van der Waals surface area (Å²) in [5.74, 6) is 3.45. The van der Waals surface area contributed by atoms with Gasteiger partial charge in [0.15, 0.2) is 0 Å². The zero-order valence-corrected chi connectivity index (χ0v) is 29.2. The monoisotopic (exact) mass is 652 g/mol. The van der Waals surface area contributed by atoms with Gasteiger partial charge in [0.05, 0.1) is 0 Å². The van der Waals surface area contributed by atoms with Gasteiger partial charge in [0.2, 0.25) is 0 Å². The second-order valence-electron chi connectivity index (χ2n) is 16.1. The summed E-state index contributed by atoms with van der Waals surface area (Å²) in [7, 11) is 0. The number of rotatable bonds is 2. The first-order valence-corrected chi connectivity index (χ1v) is 20.0. The molecule has 0 N–H and O–H groups in total. The van der Waals surface area contributed by atoms with Crippen molar-refractivity contribution in [2.24, 2.45) is 29.6 Å². The van der Waals surface area contributed by atoms with Crippen LogP contribution in [0.3, 0.4) is 0 Å². The molecule has 1 saturated carbocycles. The van der Waals surface area contributed by atoms with Gasteiger partial charge in [-0.2, -0.15) is 0 Å². The van der Waals surface area contributed by atoms with Gasteiger partial charge < -0.3 is 0 Å². The maximum absolute atomic E-state index is 2.63. The van der Waals surface area contributed by atoms with Gasteiger partial charge in [-0.1, -0.05) is 91.1 Å². The summed E-state index contributed by atoms with van der Waals surface area (Å²) in [5.41, 5.74) is 18.7. The van der Waals surface area contributed by atoms with Gasteiger partial charge in [-0.25, -0.2) is 0 Å². The van der Waals surface area contributed by atoms with Crippen LogP contribution in [0.5, 0.6) is 0 Å². The lowest BCUT2D eigenvalue weighted by Gasteiger charge is -2.41. The lowest BCUT2D eigenvalue weighted by molar-refractivity contribution is 0.346. The number of thiophene rings is 1. The Morgan fingerprint density at radius 2 is 1.55 bits per heavy atom. The zero-order valence-electron chi connectivity index (χ0n) is 28.4. The molecule has 0 amide bonds. The molecule has 1 heteroatoms. The van der Waals surface area contributed by atoms with E-state index in [2.05, 4.69) is 103 Å².